The van der Waals surface area contributed by atoms with Crippen LogP contribution in [0.5, 0.6) is 6.01 Å². The average Bonchev–Trinajstić information content (AvgIpc) is 3.31. The summed E-state index contributed by atoms with van der Waals surface area (Å²) in [5, 5.41) is 0. The molecule has 0 fully saturated rings. The Morgan fingerprint density at radius 3 is 3.04 bits per heavy atom. The van der Waals surface area contributed by atoms with Crippen molar-refractivity contribution in [1.82, 2.24) is 24.9 Å². The van der Waals surface area contributed by atoms with E-state index in [4.69, 9.17) is 9.15 Å². The first-order valence-corrected chi connectivity index (χ1v) is 7.51. The van der Waals surface area contributed by atoms with Crippen LogP contribution < -0.4 is 4.74 Å². The summed E-state index contributed by atoms with van der Waals surface area (Å²) in [7, 11) is 1.56. The minimum absolute atomic E-state index is 0.00348. The van der Waals surface area contributed by atoms with Crippen LogP contribution in [-0.4, -0.2) is 32.0 Å². The second kappa shape index (κ2) is 6.11. The number of fused-ring (bicyclic) bond motifs is 1. The summed E-state index contributed by atoms with van der Waals surface area (Å²) >= 11 is 0. The summed E-state index contributed by atoms with van der Waals surface area (Å²) in [6, 6.07) is 8.18. The molecule has 1 atom stereocenters. The summed E-state index contributed by atoms with van der Waals surface area (Å²) in [5.41, 5.74) is 4.50. The number of hydrogen-bond acceptors (Lipinski definition) is 6. The Morgan fingerprint density at radius 1 is 1.25 bits per heavy atom. The standard InChI is InChI=1S/C17H15N5O2/c1-23-17-19-6-5-11(22-17)7-13(15-8-18-9-20-15)12-3-2-4-14-16(12)24-10-21-14/h2-6,8-10,13H,7H2,1H3,(H,18,20). The van der Waals surface area contributed by atoms with Gasteiger partial charge in [-0.1, -0.05) is 12.1 Å². The zero-order valence-electron chi connectivity index (χ0n) is 13.0. The Bertz CT molecular complexity index is 948. The maximum absolute atomic E-state index is 5.61. The first-order valence-electron chi connectivity index (χ1n) is 7.51. The number of hydrogen-bond donors (Lipinski definition) is 1. The van der Waals surface area contributed by atoms with E-state index in [0.717, 1.165) is 28.1 Å². The maximum Gasteiger partial charge on any atom is 0.316 e. The van der Waals surface area contributed by atoms with Crippen molar-refractivity contribution in [2.24, 2.45) is 0 Å². The minimum Gasteiger partial charge on any atom is -0.467 e. The van der Waals surface area contributed by atoms with Crippen LogP contribution in [0, 0.1) is 0 Å². The molecular weight excluding hydrogens is 306 g/mol. The highest BCUT2D eigenvalue weighted by molar-refractivity contribution is 5.77. The van der Waals surface area contributed by atoms with Gasteiger partial charge in [0.2, 0.25) is 0 Å². The van der Waals surface area contributed by atoms with Crippen LogP contribution in [0.25, 0.3) is 11.1 Å². The molecule has 0 radical (unpaired) electrons. The fourth-order valence-corrected chi connectivity index (χ4v) is 2.82. The van der Waals surface area contributed by atoms with Crippen LogP contribution in [0.1, 0.15) is 22.9 Å². The highest BCUT2D eigenvalue weighted by Crippen LogP contribution is 2.32. The fourth-order valence-electron chi connectivity index (χ4n) is 2.82. The molecule has 1 N–H and O–H groups in total. The molecule has 0 bridgehead atoms. The van der Waals surface area contributed by atoms with Crippen molar-refractivity contribution in [2.75, 3.05) is 7.11 Å². The van der Waals surface area contributed by atoms with Gasteiger partial charge in [-0.3, -0.25) is 0 Å². The summed E-state index contributed by atoms with van der Waals surface area (Å²) in [5.74, 6) is 0.00348. The monoisotopic (exact) mass is 321 g/mol. The SMILES string of the molecule is COc1nccc(CC(c2cnc[nH]2)c2cccc3ncoc23)n1. The molecule has 0 aliphatic rings. The Balaban J connectivity index is 1.79. The number of methoxy groups -OCH3 is 1. The average molecular weight is 321 g/mol. The largest absolute Gasteiger partial charge is 0.467 e. The second-order valence-corrected chi connectivity index (χ2v) is 5.35. The van der Waals surface area contributed by atoms with E-state index in [1.54, 1.807) is 19.6 Å². The fraction of sp³-hybridized carbons (Fsp3) is 0.176. The number of imidazole rings is 1. The lowest BCUT2D eigenvalue weighted by atomic mass is 9.91. The van der Waals surface area contributed by atoms with Gasteiger partial charge in [-0.05, 0) is 12.1 Å². The van der Waals surface area contributed by atoms with Gasteiger partial charge in [-0.15, -0.1) is 0 Å². The summed E-state index contributed by atoms with van der Waals surface area (Å²) < 4.78 is 10.7. The van der Waals surface area contributed by atoms with E-state index < -0.39 is 0 Å². The highest BCUT2D eigenvalue weighted by atomic mass is 16.5. The van der Waals surface area contributed by atoms with Gasteiger partial charge in [-0.25, -0.2) is 19.9 Å². The van der Waals surface area contributed by atoms with Crippen molar-refractivity contribution in [2.45, 2.75) is 12.3 Å². The number of aromatic amines is 1. The molecule has 0 amide bonds. The lowest BCUT2D eigenvalue weighted by Gasteiger charge is -2.16. The molecule has 3 aromatic heterocycles. The molecule has 1 aromatic carbocycles. The number of nitrogens with one attached hydrogen (secondary N) is 1. The number of oxazole rings is 1. The van der Waals surface area contributed by atoms with Gasteiger partial charge in [0.1, 0.15) is 5.52 Å². The molecule has 120 valence electrons. The Morgan fingerprint density at radius 2 is 2.21 bits per heavy atom. The molecule has 3 heterocycles. The van der Waals surface area contributed by atoms with Crippen LogP contribution in [0.3, 0.4) is 0 Å². The second-order valence-electron chi connectivity index (χ2n) is 5.35. The maximum atomic E-state index is 5.61. The normalized spacial score (nSPS) is 12.4. The molecule has 4 aromatic rings. The molecule has 7 heteroatoms. The number of benzene rings is 1. The van der Waals surface area contributed by atoms with Crippen molar-refractivity contribution in [1.29, 1.82) is 0 Å². The topological polar surface area (TPSA) is 89.7 Å². The van der Waals surface area contributed by atoms with Crippen molar-refractivity contribution < 1.29 is 9.15 Å². The molecule has 7 nitrogen and oxygen atoms in total. The smallest absolute Gasteiger partial charge is 0.316 e. The van der Waals surface area contributed by atoms with Crippen LogP contribution in [0.4, 0.5) is 0 Å². The van der Waals surface area contributed by atoms with Crippen molar-refractivity contribution in [3.05, 3.63) is 66.3 Å². The number of aromatic nitrogens is 5. The first-order chi connectivity index (χ1) is 11.8. The quantitative estimate of drug-likeness (QED) is 0.608. The zero-order chi connectivity index (χ0) is 16.4. The third kappa shape index (κ3) is 2.60. The minimum atomic E-state index is 0.00348. The zero-order valence-corrected chi connectivity index (χ0v) is 13.0. The summed E-state index contributed by atoms with van der Waals surface area (Å²) in [6.07, 6.45) is 7.30. The van der Waals surface area contributed by atoms with E-state index in [2.05, 4.69) is 24.9 Å². The van der Waals surface area contributed by atoms with E-state index in [1.807, 2.05) is 30.5 Å². The Hall–Kier alpha value is -3.22. The Kier molecular flexibility index (Phi) is 3.66. The van der Waals surface area contributed by atoms with Crippen molar-refractivity contribution in [3.63, 3.8) is 0 Å². The molecule has 0 spiro atoms. The predicted molar refractivity (Wildman–Crippen MR) is 86.7 cm³/mol. The number of ether oxygens (including phenoxy) is 1. The van der Waals surface area contributed by atoms with Crippen molar-refractivity contribution >= 4 is 11.1 Å². The molecule has 4 rings (SSSR count). The number of para-hydroxylation sites is 1. The van der Waals surface area contributed by atoms with E-state index in [1.165, 1.54) is 6.39 Å². The van der Waals surface area contributed by atoms with Gasteiger partial charge in [-0.2, -0.15) is 0 Å². The van der Waals surface area contributed by atoms with Gasteiger partial charge in [0.15, 0.2) is 12.0 Å². The molecule has 0 saturated heterocycles. The molecule has 0 saturated carbocycles. The first kappa shape index (κ1) is 14.4. The van der Waals surface area contributed by atoms with E-state index in [0.29, 0.717) is 12.4 Å². The molecule has 24 heavy (non-hydrogen) atoms. The highest BCUT2D eigenvalue weighted by Gasteiger charge is 2.21. The third-order valence-corrected chi connectivity index (χ3v) is 3.94. The third-order valence-electron chi connectivity index (χ3n) is 3.94. The van der Waals surface area contributed by atoms with E-state index >= 15 is 0 Å². The summed E-state index contributed by atoms with van der Waals surface area (Å²) in [6.45, 7) is 0. The van der Waals surface area contributed by atoms with Gasteiger partial charge in [0.25, 0.3) is 0 Å². The number of rotatable bonds is 5. The molecular formula is C17H15N5O2. The van der Waals surface area contributed by atoms with E-state index in [-0.39, 0.29) is 5.92 Å². The van der Waals surface area contributed by atoms with E-state index in [9.17, 15) is 0 Å². The van der Waals surface area contributed by atoms with Gasteiger partial charge in [0.05, 0.1) is 13.4 Å². The van der Waals surface area contributed by atoms with Gasteiger partial charge in [0, 0.05) is 41.7 Å². The lowest BCUT2D eigenvalue weighted by molar-refractivity contribution is 0.377. The predicted octanol–water partition coefficient (Wildman–Crippen LogP) is 2.72. The number of nitrogens with zero attached hydrogens (tertiary/aromatic N) is 4. The Labute approximate surface area is 137 Å². The number of H-pyrrole nitrogens is 1. The van der Waals surface area contributed by atoms with Crippen molar-refractivity contribution in [3.8, 4) is 6.01 Å². The van der Waals surface area contributed by atoms with Crippen LogP contribution in [-0.2, 0) is 6.42 Å². The van der Waals surface area contributed by atoms with Gasteiger partial charge < -0.3 is 14.1 Å². The lowest BCUT2D eigenvalue weighted by Crippen LogP contribution is -2.08. The van der Waals surface area contributed by atoms with Crippen LogP contribution >= 0.6 is 0 Å². The molecule has 0 aliphatic carbocycles. The molecule has 0 aliphatic heterocycles. The van der Waals surface area contributed by atoms with Crippen LogP contribution in [0.15, 0.2) is 53.8 Å². The van der Waals surface area contributed by atoms with Gasteiger partial charge >= 0.3 is 6.01 Å². The van der Waals surface area contributed by atoms with Crippen LogP contribution in [0.2, 0.25) is 0 Å². The molecule has 1 unspecified atom stereocenters. The summed E-state index contributed by atoms with van der Waals surface area (Å²) in [4.78, 5) is 20.1.